The predicted octanol–water partition coefficient (Wildman–Crippen LogP) is 3.07. The summed E-state index contributed by atoms with van der Waals surface area (Å²) in [5.74, 6) is 0.748. The molecular weight excluding hydrogens is 262 g/mol. The predicted molar refractivity (Wildman–Crippen MR) is 75.8 cm³/mol. The van der Waals surface area contributed by atoms with E-state index in [1.807, 2.05) is 38.2 Å². The fourth-order valence-electron chi connectivity index (χ4n) is 2.04. The number of aryl methyl sites for hydroxylation is 2. The van der Waals surface area contributed by atoms with Crippen LogP contribution in [-0.2, 0) is 7.05 Å². The van der Waals surface area contributed by atoms with Crippen LogP contribution in [0.5, 0.6) is 0 Å². The Labute approximate surface area is 115 Å². The summed E-state index contributed by atoms with van der Waals surface area (Å²) in [6.07, 6.45) is 1.53. The standard InChI is InChI=1S/C13H12ClN5/c1-8-11-12(15-7-16-13(11)19(2)18-8)17-10-5-3-9(14)4-6-10/h3-7H,1-2H3,(H,15,16,17). The number of benzene rings is 1. The van der Waals surface area contributed by atoms with E-state index >= 15 is 0 Å². The first-order chi connectivity index (χ1) is 9.15. The molecule has 0 aliphatic rings. The van der Waals surface area contributed by atoms with Gasteiger partial charge < -0.3 is 5.32 Å². The molecule has 1 N–H and O–H groups in total. The Balaban J connectivity index is 2.08. The molecule has 0 fully saturated rings. The summed E-state index contributed by atoms with van der Waals surface area (Å²) in [7, 11) is 1.87. The van der Waals surface area contributed by atoms with Crippen LogP contribution in [0.25, 0.3) is 11.0 Å². The maximum atomic E-state index is 5.87. The highest BCUT2D eigenvalue weighted by atomic mass is 35.5. The quantitative estimate of drug-likeness (QED) is 0.780. The summed E-state index contributed by atoms with van der Waals surface area (Å²) in [6, 6.07) is 7.47. The van der Waals surface area contributed by atoms with Gasteiger partial charge in [-0.15, -0.1) is 0 Å². The van der Waals surface area contributed by atoms with E-state index in [1.54, 1.807) is 4.68 Å². The molecule has 0 atom stereocenters. The van der Waals surface area contributed by atoms with Crippen LogP contribution in [0.1, 0.15) is 5.69 Å². The summed E-state index contributed by atoms with van der Waals surface area (Å²) in [6.45, 7) is 1.94. The van der Waals surface area contributed by atoms with Crippen LogP contribution >= 0.6 is 11.6 Å². The fraction of sp³-hybridized carbons (Fsp3) is 0.154. The molecule has 96 valence electrons. The van der Waals surface area contributed by atoms with E-state index in [4.69, 9.17) is 11.6 Å². The zero-order valence-electron chi connectivity index (χ0n) is 10.6. The summed E-state index contributed by atoms with van der Waals surface area (Å²) in [5, 5.41) is 9.26. The van der Waals surface area contributed by atoms with Crippen molar-refractivity contribution in [1.29, 1.82) is 0 Å². The van der Waals surface area contributed by atoms with Gasteiger partial charge in [0.2, 0.25) is 0 Å². The third kappa shape index (κ3) is 2.13. The maximum absolute atomic E-state index is 5.87. The van der Waals surface area contributed by atoms with Crippen molar-refractivity contribution in [3.63, 3.8) is 0 Å². The summed E-state index contributed by atoms with van der Waals surface area (Å²) >= 11 is 5.87. The Morgan fingerprint density at radius 1 is 1.16 bits per heavy atom. The Morgan fingerprint density at radius 3 is 2.63 bits per heavy atom. The molecule has 2 aromatic heterocycles. The second kappa shape index (κ2) is 4.51. The zero-order chi connectivity index (χ0) is 13.4. The van der Waals surface area contributed by atoms with Crippen LogP contribution in [-0.4, -0.2) is 19.7 Å². The first kappa shape index (κ1) is 11.9. The fourth-order valence-corrected chi connectivity index (χ4v) is 2.17. The van der Waals surface area contributed by atoms with Crippen LogP contribution in [0.15, 0.2) is 30.6 Å². The minimum Gasteiger partial charge on any atom is -0.340 e. The van der Waals surface area contributed by atoms with E-state index in [0.29, 0.717) is 5.02 Å². The van der Waals surface area contributed by atoms with Gasteiger partial charge in [0.15, 0.2) is 5.65 Å². The van der Waals surface area contributed by atoms with E-state index in [-0.39, 0.29) is 0 Å². The molecule has 0 aliphatic heterocycles. The van der Waals surface area contributed by atoms with Crippen molar-refractivity contribution >= 4 is 34.1 Å². The molecule has 1 aromatic carbocycles. The molecule has 2 heterocycles. The Kier molecular flexibility index (Phi) is 2.83. The SMILES string of the molecule is Cc1nn(C)c2ncnc(Nc3ccc(Cl)cc3)c12. The van der Waals surface area contributed by atoms with E-state index < -0.39 is 0 Å². The molecule has 3 rings (SSSR count). The average molecular weight is 274 g/mol. The number of hydrogen-bond acceptors (Lipinski definition) is 4. The van der Waals surface area contributed by atoms with Gasteiger partial charge in [-0.05, 0) is 31.2 Å². The normalized spacial score (nSPS) is 10.9. The third-order valence-electron chi connectivity index (χ3n) is 2.90. The zero-order valence-corrected chi connectivity index (χ0v) is 11.3. The molecule has 3 aromatic rings. The molecule has 0 bridgehead atoms. The molecule has 0 amide bonds. The largest absolute Gasteiger partial charge is 0.340 e. The number of halogens is 1. The van der Waals surface area contributed by atoms with Gasteiger partial charge in [-0.3, -0.25) is 4.68 Å². The number of anilines is 2. The van der Waals surface area contributed by atoms with Gasteiger partial charge in [0, 0.05) is 17.8 Å². The lowest BCUT2D eigenvalue weighted by Gasteiger charge is -2.06. The van der Waals surface area contributed by atoms with Crippen molar-refractivity contribution in [2.45, 2.75) is 6.92 Å². The van der Waals surface area contributed by atoms with Gasteiger partial charge in [0.05, 0.1) is 11.1 Å². The van der Waals surface area contributed by atoms with Crippen molar-refractivity contribution in [3.8, 4) is 0 Å². The first-order valence-electron chi connectivity index (χ1n) is 5.82. The van der Waals surface area contributed by atoms with Gasteiger partial charge in [0.25, 0.3) is 0 Å². The smallest absolute Gasteiger partial charge is 0.163 e. The summed E-state index contributed by atoms with van der Waals surface area (Å²) in [5.41, 5.74) is 2.63. The molecule has 5 nitrogen and oxygen atoms in total. The summed E-state index contributed by atoms with van der Waals surface area (Å²) < 4.78 is 1.75. The third-order valence-corrected chi connectivity index (χ3v) is 3.15. The Hall–Kier alpha value is -2.14. The second-order valence-corrected chi connectivity index (χ2v) is 4.70. The van der Waals surface area contributed by atoms with E-state index in [1.165, 1.54) is 6.33 Å². The topological polar surface area (TPSA) is 55.6 Å². The molecule has 0 aliphatic carbocycles. The van der Waals surface area contributed by atoms with Crippen LogP contribution < -0.4 is 5.32 Å². The van der Waals surface area contributed by atoms with Crippen molar-refractivity contribution in [1.82, 2.24) is 19.7 Å². The van der Waals surface area contributed by atoms with E-state index in [9.17, 15) is 0 Å². The lowest BCUT2D eigenvalue weighted by atomic mass is 10.2. The highest BCUT2D eigenvalue weighted by Gasteiger charge is 2.12. The molecule has 6 heteroatoms. The number of rotatable bonds is 2. The van der Waals surface area contributed by atoms with Gasteiger partial charge in [-0.25, -0.2) is 9.97 Å². The van der Waals surface area contributed by atoms with E-state index in [2.05, 4.69) is 20.4 Å². The highest BCUT2D eigenvalue weighted by Crippen LogP contribution is 2.25. The molecule has 0 unspecified atom stereocenters. The van der Waals surface area contributed by atoms with Crippen molar-refractivity contribution < 1.29 is 0 Å². The monoisotopic (exact) mass is 273 g/mol. The Bertz CT molecular complexity index is 733. The Morgan fingerprint density at radius 2 is 1.89 bits per heavy atom. The number of nitrogens with one attached hydrogen (secondary N) is 1. The van der Waals surface area contributed by atoms with Crippen molar-refractivity contribution in [3.05, 3.63) is 41.3 Å². The van der Waals surface area contributed by atoms with Gasteiger partial charge in [0.1, 0.15) is 12.1 Å². The van der Waals surface area contributed by atoms with Crippen LogP contribution in [0.3, 0.4) is 0 Å². The van der Waals surface area contributed by atoms with Gasteiger partial charge >= 0.3 is 0 Å². The minimum atomic E-state index is 0.705. The molecule has 0 saturated heterocycles. The molecule has 0 spiro atoms. The number of nitrogens with zero attached hydrogens (tertiary/aromatic N) is 4. The number of fused-ring (bicyclic) bond motifs is 1. The molecule has 19 heavy (non-hydrogen) atoms. The lowest BCUT2D eigenvalue weighted by molar-refractivity contribution is 0.773. The average Bonchev–Trinajstić information content (AvgIpc) is 2.69. The molecule has 0 saturated carbocycles. The van der Waals surface area contributed by atoms with Gasteiger partial charge in [-0.2, -0.15) is 5.10 Å². The lowest BCUT2D eigenvalue weighted by Crippen LogP contribution is -1.97. The van der Waals surface area contributed by atoms with Crippen LogP contribution in [0, 0.1) is 6.92 Å². The maximum Gasteiger partial charge on any atom is 0.163 e. The van der Waals surface area contributed by atoms with Crippen molar-refractivity contribution in [2.24, 2.45) is 7.05 Å². The van der Waals surface area contributed by atoms with Crippen LogP contribution in [0.2, 0.25) is 5.02 Å². The number of aromatic nitrogens is 4. The molecular formula is C13H12ClN5. The van der Waals surface area contributed by atoms with Crippen molar-refractivity contribution in [2.75, 3.05) is 5.32 Å². The van der Waals surface area contributed by atoms with E-state index in [0.717, 1.165) is 28.2 Å². The van der Waals surface area contributed by atoms with Crippen LogP contribution in [0.4, 0.5) is 11.5 Å². The second-order valence-electron chi connectivity index (χ2n) is 4.26. The highest BCUT2D eigenvalue weighted by molar-refractivity contribution is 6.30. The summed E-state index contributed by atoms with van der Waals surface area (Å²) in [4.78, 5) is 8.54. The number of hydrogen-bond donors (Lipinski definition) is 1. The minimum absolute atomic E-state index is 0.705. The first-order valence-corrected chi connectivity index (χ1v) is 6.20. The van der Waals surface area contributed by atoms with Gasteiger partial charge in [-0.1, -0.05) is 11.6 Å². The molecule has 0 radical (unpaired) electrons.